The standard InChI is InChI=1S/C11H14N2/c1-11(2,3)10-12-8-6-4-5-7-9(8)13-10/h4-7,10H,1-3H3. The van der Waals surface area contributed by atoms with Gasteiger partial charge in [-0.2, -0.15) is 0 Å². The maximum Gasteiger partial charge on any atom is 0.145 e. The zero-order valence-corrected chi connectivity index (χ0v) is 8.28. The van der Waals surface area contributed by atoms with Gasteiger partial charge in [-0.15, -0.1) is 0 Å². The number of benzene rings is 1. The van der Waals surface area contributed by atoms with Gasteiger partial charge in [-0.25, -0.2) is 0 Å². The van der Waals surface area contributed by atoms with Gasteiger partial charge in [0.2, 0.25) is 0 Å². The van der Waals surface area contributed by atoms with E-state index in [0.717, 1.165) is 10.7 Å². The smallest absolute Gasteiger partial charge is 0.145 e. The summed E-state index contributed by atoms with van der Waals surface area (Å²) in [6.45, 7) is 6.49. The number of nitrogens with zero attached hydrogens (tertiary/aromatic N) is 2. The van der Waals surface area contributed by atoms with Crippen molar-refractivity contribution in [1.29, 1.82) is 0 Å². The molecule has 13 heavy (non-hydrogen) atoms. The van der Waals surface area contributed by atoms with Crippen molar-refractivity contribution in [1.82, 2.24) is 0 Å². The van der Waals surface area contributed by atoms with Gasteiger partial charge < -0.3 is 0 Å². The van der Waals surface area contributed by atoms with Crippen LogP contribution in [0.2, 0.25) is 0 Å². The summed E-state index contributed by atoms with van der Waals surface area (Å²) in [6.07, 6.45) is 0.0879. The lowest BCUT2D eigenvalue weighted by Crippen LogP contribution is -2.21. The van der Waals surface area contributed by atoms with Crippen LogP contribution in [0.3, 0.4) is 0 Å². The van der Waals surface area contributed by atoms with E-state index in [4.69, 9.17) is 0 Å². The largest absolute Gasteiger partial charge is 0.256 e. The average Bonchev–Trinajstić information content (AvgIpc) is 2.45. The Balaban J connectivity index is 2.53. The van der Waals surface area contributed by atoms with Gasteiger partial charge >= 0.3 is 0 Å². The van der Waals surface area contributed by atoms with Gasteiger partial charge in [0.15, 0.2) is 0 Å². The van der Waals surface area contributed by atoms with Crippen molar-refractivity contribution >= 4 is 0 Å². The molecule has 0 fully saturated rings. The fourth-order valence-corrected chi connectivity index (χ4v) is 1.36. The number of hydrogen-bond donors (Lipinski definition) is 0. The van der Waals surface area contributed by atoms with Crippen molar-refractivity contribution in [2.45, 2.75) is 26.9 Å². The van der Waals surface area contributed by atoms with Gasteiger partial charge in [0.25, 0.3) is 0 Å². The SMILES string of the molecule is CC(C)(C)C1N=c2ccccc2=N1. The maximum atomic E-state index is 4.56. The van der Waals surface area contributed by atoms with Gasteiger partial charge in [0.1, 0.15) is 6.17 Å². The molecule has 1 aliphatic heterocycles. The number of para-hydroxylation sites is 2. The maximum absolute atomic E-state index is 4.56. The minimum absolute atomic E-state index is 0.0879. The molecule has 0 radical (unpaired) electrons. The lowest BCUT2D eigenvalue weighted by Gasteiger charge is -2.21. The van der Waals surface area contributed by atoms with Crippen LogP contribution in [0, 0.1) is 5.41 Å². The Labute approximate surface area is 78.0 Å². The molecule has 0 atom stereocenters. The van der Waals surface area contributed by atoms with E-state index in [2.05, 4.69) is 30.8 Å². The van der Waals surface area contributed by atoms with Crippen molar-refractivity contribution in [3.8, 4) is 0 Å². The molecule has 0 saturated heterocycles. The highest BCUT2D eigenvalue weighted by molar-refractivity contribution is 5.05. The summed E-state index contributed by atoms with van der Waals surface area (Å²) in [5.74, 6) is 0. The highest BCUT2D eigenvalue weighted by atomic mass is 15.0. The minimum atomic E-state index is 0.0879. The monoisotopic (exact) mass is 174 g/mol. The highest BCUT2D eigenvalue weighted by Gasteiger charge is 2.24. The van der Waals surface area contributed by atoms with Crippen LogP contribution in [-0.4, -0.2) is 6.17 Å². The van der Waals surface area contributed by atoms with E-state index in [1.54, 1.807) is 0 Å². The molecular weight excluding hydrogens is 160 g/mol. The lowest BCUT2D eigenvalue weighted by molar-refractivity contribution is 0.329. The van der Waals surface area contributed by atoms with E-state index in [9.17, 15) is 0 Å². The summed E-state index contributed by atoms with van der Waals surface area (Å²) in [7, 11) is 0. The van der Waals surface area contributed by atoms with Gasteiger partial charge in [-0.05, 0) is 12.1 Å². The first-order valence-electron chi connectivity index (χ1n) is 4.58. The third-order valence-electron chi connectivity index (χ3n) is 2.18. The van der Waals surface area contributed by atoms with Crippen LogP contribution in [0.25, 0.3) is 0 Å². The Bertz CT molecular complexity index is 391. The summed E-state index contributed by atoms with van der Waals surface area (Å²) in [6, 6.07) is 8.04. The van der Waals surface area contributed by atoms with Crippen LogP contribution < -0.4 is 10.7 Å². The predicted octanol–water partition coefficient (Wildman–Crippen LogP) is 1.31. The third kappa shape index (κ3) is 1.48. The lowest BCUT2D eigenvalue weighted by atomic mass is 9.93. The summed E-state index contributed by atoms with van der Waals surface area (Å²) in [4.78, 5) is 9.11. The highest BCUT2D eigenvalue weighted by Crippen LogP contribution is 2.23. The molecule has 1 aliphatic rings. The van der Waals surface area contributed by atoms with E-state index < -0.39 is 0 Å². The number of rotatable bonds is 0. The summed E-state index contributed by atoms with van der Waals surface area (Å²) in [5.41, 5.74) is 0.124. The molecule has 1 heterocycles. The Morgan fingerprint density at radius 2 is 1.46 bits per heavy atom. The Morgan fingerprint density at radius 1 is 1.00 bits per heavy atom. The molecule has 0 saturated carbocycles. The van der Waals surface area contributed by atoms with Crippen molar-refractivity contribution in [3.05, 3.63) is 35.0 Å². The Kier molecular flexibility index (Phi) is 1.72. The fourth-order valence-electron chi connectivity index (χ4n) is 1.36. The van der Waals surface area contributed by atoms with Crippen molar-refractivity contribution in [2.24, 2.45) is 15.4 Å². The van der Waals surface area contributed by atoms with Crippen molar-refractivity contribution in [2.75, 3.05) is 0 Å². The normalized spacial score (nSPS) is 16.2. The second kappa shape index (κ2) is 2.66. The molecule has 68 valence electrons. The van der Waals surface area contributed by atoms with Gasteiger partial charge in [0, 0.05) is 5.41 Å². The molecule has 1 aromatic rings. The topological polar surface area (TPSA) is 24.7 Å². The van der Waals surface area contributed by atoms with Crippen LogP contribution >= 0.6 is 0 Å². The summed E-state index contributed by atoms with van der Waals surface area (Å²) in [5, 5.41) is 2.06. The first-order valence-corrected chi connectivity index (χ1v) is 4.58. The van der Waals surface area contributed by atoms with Crippen LogP contribution in [0.1, 0.15) is 20.8 Å². The van der Waals surface area contributed by atoms with Crippen LogP contribution in [-0.2, 0) is 0 Å². The number of fused-ring (bicyclic) bond motifs is 1. The molecule has 0 unspecified atom stereocenters. The predicted molar refractivity (Wildman–Crippen MR) is 52.0 cm³/mol. The van der Waals surface area contributed by atoms with Crippen molar-refractivity contribution < 1.29 is 0 Å². The first kappa shape index (κ1) is 8.42. The first-order chi connectivity index (χ1) is 6.07. The van der Waals surface area contributed by atoms with Gasteiger partial charge in [0.05, 0.1) is 10.7 Å². The van der Waals surface area contributed by atoms with E-state index in [0.29, 0.717) is 0 Å². The van der Waals surface area contributed by atoms with Gasteiger partial charge in [-0.1, -0.05) is 32.9 Å². The minimum Gasteiger partial charge on any atom is -0.256 e. The second-order valence-corrected chi connectivity index (χ2v) is 4.49. The zero-order valence-electron chi connectivity index (χ0n) is 8.28. The Morgan fingerprint density at radius 3 is 1.85 bits per heavy atom. The Hall–Kier alpha value is -1.18. The van der Waals surface area contributed by atoms with Crippen LogP contribution in [0.4, 0.5) is 0 Å². The molecule has 0 amide bonds. The van der Waals surface area contributed by atoms with Crippen LogP contribution in [0.15, 0.2) is 34.3 Å². The summed E-state index contributed by atoms with van der Waals surface area (Å²) < 4.78 is 0. The van der Waals surface area contributed by atoms with E-state index in [1.165, 1.54) is 0 Å². The van der Waals surface area contributed by atoms with Crippen LogP contribution in [0.5, 0.6) is 0 Å². The molecule has 0 aliphatic carbocycles. The van der Waals surface area contributed by atoms with Crippen molar-refractivity contribution in [3.63, 3.8) is 0 Å². The molecule has 0 N–H and O–H groups in total. The molecule has 2 rings (SSSR count). The molecule has 2 nitrogen and oxygen atoms in total. The molecule has 2 heteroatoms. The second-order valence-electron chi connectivity index (χ2n) is 4.49. The quantitative estimate of drug-likeness (QED) is 0.566. The van der Waals surface area contributed by atoms with E-state index in [-0.39, 0.29) is 11.6 Å². The van der Waals surface area contributed by atoms with E-state index in [1.807, 2.05) is 24.3 Å². The summed E-state index contributed by atoms with van der Waals surface area (Å²) >= 11 is 0. The molecule has 0 aromatic heterocycles. The molecule has 0 spiro atoms. The fraction of sp³-hybridized carbons (Fsp3) is 0.455. The average molecular weight is 174 g/mol. The zero-order chi connectivity index (χ0) is 9.47. The number of hydrogen-bond acceptors (Lipinski definition) is 2. The van der Waals surface area contributed by atoms with Gasteiger partial charge in [-0.3, -0.25) is 9.98 Å². The molecule has 1 aromatic carbocycles. The third-order valence-corrected chi connectivity index (χ3v) is 2.18. The molecule has 0 bridgehead atoms. The molecular formula is C11H14N2. The van der Waals surface area contributed by atoms with E-state index >= 15 is 0 Å².